The number of nitrogens with two attached hydrogens (primary N) is 1. The van der Waals surface area contributed by atoms with Crippen molar-refractivity contribution in [3.05, 3.63) is 53.6 Å². The summed E-state index contributed by atoms with van der Waals surface area (Å²) in [5.41, 5.74) is 2.09. The van der Waals surface area contributed by atoms with Crippen LogP contribution in [0.4, 0.5) is 11.4 Å². The number of anilines is 2. The van der Waals surface area contributed by atoms with Gasteiger partial charge in [0, 0.05) is 36.0 Å². The molecule has 2 aromatic rings. The summed E-state index contributed by atoms with van der Waals surface area (Å²) in [6.45, 7) is 2.84. The minimum absolute atomic E-state index is 0.150. The van der Waals surface area contributed by atoms with E-state index < -0.39 is 10.0 Å². The Labute approximate surface area is 153 Å². The molecular formula is C18H22ClN3O2S. The Morgan fingerprint density at radius 2 is 1.80 bits per heavy atom. The predicted molar refractivity (Wildman–Crippen MR) is 103 cm³/mol. The number of nitrogens with one attached hydrogen (secondary N) is 1. The van der Waals surface area contributed by atoms with E-state index in [1.807, 2.05) is 36.4 Å². The van der Waals surface area contributed by atoms with E-state index in [2.05, 4.69) is 10.2 Å². The first-order chi connectivity index (χ1) is 11.9. The fourth-order valence-corrected chi connectivity index (χ4v) is 3.81. The molecule has 1 aliphatic rings. The summed E-state index contributed by atoms with van der Waals surface area (Å²) >= 11 is 6.00. The van der Waals surface area contributed by atoms with Gasteiger partial charge in [0.25, 0.3) is 0 Å². The Morgan fingerprint density at radius 3 is 2.40 bits per heavy atom. The average molecular weight is 380 g/mol. The topological polar surface area (TPSA) is 75.4 Å². The van der Waals surface area contributed by atoms with Gasteiger partial charge < -0.3 is 10.2 Å². The van der Waals surface area contributed by atoms with Gasteiger partial charge >= 0.3 is 0 Å². The summed E-state index contributed by atoms with van der Waals surface area (Å²) in [5.74, 6) is 0.610. The van der Waals surface area contributed by atoms with Crippen LogP contribution in [0.2, 0.25) is 5.02 Å². The molecule has 0 radical (unpaired) electrons. The third-order valence-electron chi connectivity index (χ3n) is 4.56. The molecule has 0 amide bonds. The molecule has 0 spiro atoms. The van der Waals surface area contributed by atoms with E-state index in [-0.39, 0.29) is 4.90 Å². The average Bonchev–Trinajstić information content (AvgIpc) is 2.60. The van der Waals surface area contributed by atoms with Crippen LogP contribution >= 0.6 is 11.6 Å². The van der Waals surface area contributed by atoms with Gasteiger partial charge in [-0.2, -0.15) is 0 Å². The van der Waals surface area contributed by atoms with Crippen molar-refractivity contribution in [3.8, 4) is 0 Å². The Morgan fingerprint density at radius 1 is 1.12 bits per heavy atom. The van der Waals surface area contributed by atoms with Gasteiger partial charge in [-0.25, -0.2) is 13.6 Å². The maximum absolute atomic E-state index is 11.3. The van der Waals surface area contributed by atoms with Crippen LogP contribution in [0.1, 0.15) is 12.8 Å². The van der Waals surface area contributed by atoms with Gasteiger partial charge in [-0.3, -0.25) is 0 Å². The number of nitrogens with zero attached hydrogens (tertiary/aromatic N) is 1. The number of halogens is 1. The SMILES string of the molecule is NS(=O)(=O)c1ccc(N2CCC(CNc3cccc(Cl)c3)CC2)cc1. The number of primary sulfonamides is 1. The molecule has 2 aromatic carbocycles. The number of benzene rings is 2. The molecule has 1 saturated heterocycles. The van der Waals surface area contributed by atoms with Crippen molar-refractivity contribution in [1.29, 1.82) is 0 Å². The predicted octanol–water partition coefficient (Wildman–Crippen LogP) is 3.32. The molecule has 0 unspecified atom stereocenters. The van der Waals surface area contributed by atoms with Gasteiger partial charge in [-0.1, -0.05) is 17.7 Å². The summed E-state index contributed by atoms with van der Waals surface area (Å²) < 4.78 is 22.6. The molecule has 1 heterocycles. The zero-order chi connectivity index (χ0) is 17.9. The summed E-state index contributed by atoms with van der Waals surface area (Å²) in [5, 5.41) is 9.33. The molecule has 1 fully saturated rings. The highest BCUT2D eigenvalue weighted by atomic mass is 35.5. The molecule has 3 rings (SSSR count). The number of hydrogen-bond acceptors (Lipinski definition) is 4. The fourth-order valence-electron chi connectivity index (χ4n) is 3.10. The highest BCUT2D eigenvalue weighted by Gasteiger charge is 2.19. The number of piperidine rings is 1. The smallest absolute Gasteiger partial charge is 0.238 e. The quantitative estimate of drug-likeness (QED) is 0.835. The maximum atomic E-state index is 11.3. The van der Waals surface area contributed by atoms with E-state index in [1.165, 1.54) is 0 Å². The Bertz CT molecular complexity index is 816. The molecule has 1 aliphatic heterocycles. The first kappa shape index (κ1) is 18.0. The van der Waals surface area contributed by atoms with Crippen LogP contribution in [0, 0.1) is 5.92 Å². The summed E-state index contributed by atoms with van der Waals surface area (Å²) in [6, 6.07) is 14.5. The molecule has 0 saturated carbocycles. The Balaban J connectivity index is 1.51. The third-order valence-corrected chi connectivity index (χ3v) is 5.73. The monoisotopic (exact) mass is 379 g/mol. The lowest BCUT2D eigenvalue weighted by molar-refractivity contribution is 0.423. The first-order valence-electron chi connectivity index (χ1n) is 8.29. The molecule has 0 aliphatic carbocycles. The van der Waals surface area contributed by atoms with Crippen molar-refractivity contribution in [2.24, 2.45) is 11.1 Å². The van der Waals surface area contributed by atoms with Gasteiger partial charge in [-0.15, -0.1) is 0 Å². The van der Waals surface area contributed by atoms with Crippen molar-refractivity contribution < 1.29 is 8.42 Å². The number of hydrogen-bond donors (Lipinski definition) is 2. The highest BCUT2D eigenvalue weighted by molar-refractivity contribution is 7.89. The summed E-state index contributed by atoms with van der Waals surface area (Å²) in [4.78, 5) is 2.43. The van der Waals surface area contributed by atoms with Gasteiger partial charge in [0.2, 0.25) is 10.0 Å². The van der Waals surface area contributed by atoms with Crippen molar-refractivity contribution in [2.75, 3.05) is 29.9 Å². The second-order valence-corrected chi connectivity index (χ2v) is 8.36. The van der Waals surface area contributed by atoms with Gasteiger partial charge in [0.15, 0.2) is 0 Å². The van der Waals surface area contributed by atoms with E-state index in [4.69, 9.17) is 16.7 Å². The maximum Gasteiger partial charge on any atom is 0.238 e. The minimum Gasteiger partial charge on any atom is -0.385 e. The van der Waals surface area contributed by atoms with Crippen molar-refractivity contribution >= 4 is 33.0 Å². The van der Waals surface area contributed by atoms with Crippen LogP contribution < -0.4 is 15.4 Å². The molecule has 0 bridgehead atoms. The van der Waals surface area contributed by atoms with Crippen LogP contribution in [-0.2, 0) is 10.0 Å². The van der Waals surface area contributed by atoms with Crippen LogP contribution in [0.5, 0.6) is 0 Å². The standard InChI is InChI=1S/C18H22ClN3O2S/c19-15-2-1-3-16(12-15)21-13-14-8-10-22(11-9-14)17-4-6-18(7-5-17)25(20,23)24/h1-7,12,14,21H,8-11,13H2,(H2,20,23,24). The minimum atomic E-state index is -3.63. The second-order valence-electron chi connectivity index (χ2n) is 6.36. The van der Waals surface area contributed by atoms with E-state index in [0.29, 0.717) is 5.92 Å². The lowest BCUT2D eigenvalue weighted by Crippen LogP contribution is -2.35. The number of rotatable bonds is 5. The van der Waals surface area contributed by atoms with Crippen molar-refractivity contribution in [1.82, 2.24) is 0 Å². The fraction of sp³-hybridized carbons (Fsp3) is 0.333. The molecule has 134 valence electrons. The van der Waals surface area contributed by atoms with E-state index in [0.717, 1.165) is 48.9 Å². The molecule has 0 atom stereocenters. The molecule has 0 aromatic heterocycles. The second kappa shape index (κ2) is 7.64. The molecule has 25 heavy (non-hydrogen) atoms. The van der Waals surface area contributed by atoms with Gasteiger partial charge in [0.1, 0.15) is 0 Å². The Kier molecular flexibility index (Phi) is 5.51. The summed E-state index contributed by atoms with van der Waals surface area (Å²) in [7, 11) is -3.63. The largest absolute Gasteiger partial charge is 0.385 e. The Hall–Kier alpha value is -1.76. The van der Waals surface area contributed by atoms with Crippen molar-refractivity contribution in [2.45, 2.75) is 17.7 Å². The zero-order valence-corrected chi connectivity index (χ0v) is 15.4. The van der Waals surface area contributed by atoms with Crippen LogP contribution in [-0.4, -0.2) is 28.1 Å². The first-order valence-corrected chi connectivity index (χ1v) is 10.2. The molecule has 5 nitrogen and oxygen atoms in total. The van der Waals surface area contributed by atoms with Gasteiger partial charge in [0.05, 0.1) is 4.90 Å². The van der Waals surface area contributed by atoms with Crippen molar-refractivity contribution in [3.63, 3.8) is 0 Å². The lowest BCUT2D eigenvalue weighted by Gasteiger charge is -2.34. The van der Waals surface area contributed by atoms with Crippen LogP contribution in [0.3, 0.4) is 0 Å². The molecular weight excluding hydrogens is 358 g/mol. The molecule has 3 N–H and O–H groups in total. The van der Waals surface area contributed by atoms with E-state index in [9.17, 15) is 8.42 Å². The normalized spacial score (nSPS) is 16.0. The van der Waals surface area contributed by atoms with Gasteiger partial charge in [-0.05, 0) is 61.2 Å². The van der Waals surface area contributed by atoms with Crippen LogP contribution in [0.15, 0.2) is 53.4 Å². The molecule has 7 heteroatoms. The highest BCUT2D eigenvalue weighted by Crippen LogP contribution is 2.25. The van der Waals surface area contributed by atoms with E-state index in [1.54, 1.807) is 12.1 Å². The lowest BCUT2D eigenvalue weighted by atomic mass is 9.96. The third kappa shape index (κ3) is 4.87. The van der Waals surface area contributed by atoms with Crippen LogP contribution in [0.25, 0.3) is 0 Å². The number of sulfonamides is 1. The summed E-state index contributed by atoms with van der Waals surface area (Å²) in [6.07, 6.45) is 2.18. The zero-order valence-electron chi connectivity index (χ0n) is 13.9. The van der Waals surface area contributed by atoms with E-state index >= 15 is 0 Å².